The van der Waals surface area contributed by atoms with Crippen molar-refractivity contribution in [1.82, 2.24) is 19.7 Å². The topological polar surface area (TPSA) is 96.2 Å². The van der Waals surface area contributed by atoms with Crippen molar-refractivity contribution < 1.29 is 9.90 Å². The molecule has 9 heteroatoms. The number of carbonyl (C=O) groups excluding carboxylic acids is 1. The first kappa shape index (κ1) is 23.2. The number of aryl methyl sites for hydroxylation is 1. The van der Waals surface area contributed by atoms with Crippen LogP contribution in [0.1, 0.15) is 48.3 Å². The van der Waals surface area contributed by atoms with Crippen LogP contribution in [0, 0.1) is 19.8 Å². The lowest BCUT2D eigenvalue weighted by Gasteiger charge is -2.38. The minimum atomic E-state index is -0.655. The molecule has 4 rings (SSSR count). The number of pyridine rings is 2. The number of anilines is 2. The van der Waals surface area contributed by atoms with Gasteiger partial charge in [-0.3, -0.25) is 4.79 Å². The van der Waals surface area contributed by atoms with Crippen LogP contribution in [0.2, 0.25) is 5.02 Å². The van der Waals surface area contributed by atoms with Gasteiger partial charge >= 0.3 is 0 Å². The van der Waals surface area contributed by atoms with Crippen LogP contribution in [0.4, 0.5) is 11.5 Å². The Bertz CT molecular complexity index is 1140. The highest BCUT2D eigenvalue weighted by atomic mass is 35.5. The van der Waals surface area contributed by atoms with E-state index in [0.717, 1.165) is 37.3 Å². The van der Waals surface area contributed by atoms with E-state index in [0.29, 0.717) is 33.7 Å². The molecule has 0 atom stereocenters. The van der Waals surface area contributed by atoms with E-state index in [-0.39, 0.29) is 5.91 Å². The van der Waals surface area contributed by atoms with E-state index in [2.05, 4.69) is 25.3 Å². The molecule has 3 aromatic rings. The summed E-state index contributed by atoms with van der Waals surface area (Å²) in [4.78, 5) is 24.0. The average molecular weight is 469 g/mol. The third-order valence-electron chi connectivity index (χ3n) is 6.29. The monoisotopic (exact) mass is 468 g/mol. The Morgan fingerprint density at radius 3 is 2.48 bits per heavy atom. The van der Waals surface area contributed by atoms with Crippen LogP contribution in [0.25, 0.3) is 5.82 Å². The SMILES string of the molecule is Cc1cc(NC(=O)c2cnn(-c3ccc(Cl)cn3)c2C)cnc1N1CCC(C(C)(C)O)CC1. The Kier molecular flexibility index (Phi) is 6.41. The van der Waals surface area contributed by atoms with E-state index in [1.54, 1.807) is 29.2 Å². The maximum absolute atomic E-state index is 12.9. The minimum Gasteiger partial charge on any atom is -0.390 e. The summed E-state index contributed by atoms with van der Waals surface area (Å²) in [7, 11) is 0. The van der Waals surface area contributed by atoms with Gasteiger partial charge in [-0.05, 0) is 70.2 Å². The van der Waals surface area contributed by atoms with Gasteiger partial charge in [0.1, 0.15) is 5.82 Å². The Morgan fingerprint density at radius 1 is 1.15 bits per heavy atom. The molecule has 1 aliphatic heterocycles. The van der Waals surface area contributed by atoms with Gasteiger partial charge in [-0.15, -0.1) is 0 Å². The van der Waals surface area contributed by atoms with Gasteiger partial charge in [-0.2, -0.15) is 5.10 Å². The summed E-state index contributed by atoms with van der Waals surface area (Å²) in [6.07, 6.45) is 6.61. The van der Waals surface area contributed by atoms with Crippen LogP contribution in [-0.2, 0) is 0 Å². The van der Waals surface area contributed by atoms with Crippen molar-refractivity contribution in [2.24, 2.45) is 5.92 Å². The number of rotatable bonds is 5. The molecule has 174 valence electrons. The van der Waals surface area contributed by atoms with Crippen molar-refractivity contribution in [1.29, 1.82) is 0 Å². The molecular weight excluding hydrogens is 440 g/mol. The normalized spacial score (nSPS) is 15.0. The molecule has 1 aliphatic rings. The van der Waals surface area contributed by atoms with Gasteiger partial charge in [0.05, 0.1) is 40.0 Å². The fraction of sp³-hybridized carbons (Fsp3) is 0.417. The highest BCUT2D eigenvalue weighted by molar-refractivity contribution is 6.30. The number of hydrogen-bond donors (Lipinski definition) is 2. The average Bonchev–Trinajstić information content (AvgIpc) is 3.15. The summed E-state index contributed by atoms with van der Waals surface area (Å²) >= 11 is 5.91. The highest BCUT2D eigenvalue weighted by Gasteiger charge is 2.31. The third kappa shape index (κ3) is 5.02. The van der Waals surface area contributed by atoms with Crippen LogP contribution in [0.15, 0.2) is 36.8 Å². The zero-order chi connectivity index (χ0) is 23.8. The number of halogens is 1. The predicted octanol–water partition coefficient (Wildman–Crippen LogP) is 4.17. The van der Waals surface area contributed by atoms with Gasteiger partial charge in [0.2, 0.25) is 0 Å². The first-order valence-electron chi connectivity index (χ1n) is 11.1. The molecule has 1 fully saturated rings. The molecule has 0 spiro atoms. The summed E-state index contributed by atoms with van der Waals surface area (Å²) < 4.78 is 1.61. The van der Waals surface area contributed by atoms with Crippen molar-refractivity contribution in [2.45, 2.75) is 46.1 Å². The smallest absolute Gasteiger partial charge is 0.259 e. The molecule has 4 heterocycles. The molecule has 0 radical (unpaired) electrons. The van der Waals surface area contributed by atoms with Crippen LogP contribution >= 0.6 is 11.6 Å². The molecule has 1 amide bonds. The van der Waals surface area contributed by atoms with E-state index in [1.165, 1.54) is 6.20 Å². The largest absolute Gasteiger partial charge is 0.390 e. The lowest BCUT2D eigenvalue weighted by Crippen LogP contribution is -2.42. The van der Waals surface area contributed by atoms with E-state index < -0.39 is 5.60 Å². The van der Waals surface area contributed by atoms with Crippen molar-refractivity contribution in [3.05, 3.63) is 58.6 Å². The van der Waals surface area contributed by atoms with Crippen LogP contribution in [-0.4, -0.2) is 49.5 Å². The van der Waals surface area contributed by atoms with Gasteiger partial charge in [-0.25, -0.2) is 14.6 Å². The first-order chi connectivity index (χ1) is 15.6. The Balaban J connectivity index is 1.44. The number of piperidine rings is 1. The second kappa shape index (κ2) is 9.11. The molecule has 3 aromatic heterocycles. The third-order valence-corrected chi connectivity index (χ3v) is 6.51. The number of nitrogens with one attached hydrogen (secondary N) is 1. The second-order valence-corrected chi connectivity index (χ2v) is 9.56. The highest BCUT2D eigenvalue weighted by Crippen LogP contribution is 2.31. The van der Waals surface area contributed by atoms with Crippen LogP contribution in [0.5, 0.6) is 0 Å². The molecule has 33 heavy (non-hydrogen) atoms. The lowest BCUT2D eigenvalue weighted by atomic mass is 9.83. The van der Waals surface area contributed by atoms with Gasteiger partial charge in [0.25, 0.3) is 5.91 Å². The number of nitrogens with zero attached hydrogens (tertiary/aromatic N) is 5. The number of carbonyl (C=O) groups is 1. The number of amides is 1. The maximum atomic E-state index is 12.9. The Labute approximate surface area is 198 Å². The van der Waals surface area contributed by atoms with Gasteiger partial charge in [0.15, 0.2) is 5.82 Å². The van der Waals surface area contributed by atoms with Crippen molar-refractivity contribution in [2.75, 3.05) is 23.3 Å². The lowest BCUT2D eigenvalue weighted by molar-refractivity contribution is 0.00645. The van der Waals surface area contributed by atoms with E-state index in [1.807, 2.05) is 33.8 Å². The molecule has 0 saturated carbocycles. The van der Waals surface area contributed by atoms with E-state index in [4.69, 9.17) is 11.6 Å². The van der Waals surface area contributed by atoms with Gasteiger partial charge in [-0.1, -0.05) is 11.6 Å². The van der Waals surface area contributed by atoms with Crippen LogP contribution in [0.3, 0.4) is 0 Å². The zero-order valence-corrected chi connectivity index (χ0v) is 20.1. The van der Waals surface area contributed by atoms with Gasteiger partial charge < -0.3 is 15.3 Å². The number of aromatic nitrogens is 4. The molecule has 8 nitrogen and oxygen atoms in total. The quantitative estimate of drug-likeness (QED) is 0.583. The summed E-state index contributed by atoms with van der Waals surface area (Å²) in [5.74, 6) is 1.54. The maximum Gasteiger partial charge on any atom is 0.259 e. The van der Waals surface area contributed by atoms with E-state index in [9.17, 15) is 9.90 Å². The molecule has 0 aliphatic carbocycles. The fourth-order valence-corrected chi connectivity index (χ4v) is 4.43. The van der Waals surface area contributed by atoms with Crippen molar-refractivity contribution in [3.63, 3.8) is 0 Å². The molecule has 0 aromatic carbocycles. The first-order valence-corrected chi connectivity index (χ1v) is 11.4. The molecule has 1 saturated heterocycles. The number of hydrogen-bond acceptors (Lipinski definition) is 6. The molecular formula is C24H29ClN6O2. The van der Waals surface area contributed by atoms with Crippen molar-refractivity contribution >= 4 is 29.0 Å². The molecule has 0 unspecified atom stereocenters. The fourth-order valence-electron chi connectivity index (χ4n) is 4.32. The summed E-state index contributed by atoms with van der Waals surface area (Å²) in [6, 6.07) is 5.41. The standard InChI is InChI=1S/C24H29ClN6O2/c1-15-11-19(13-27-22(15)30-9-7-17(8-10-30)24(3,4)33)29-23(32)20-14-28-31(16(20)2)21-6-5-18(25)12-26-21/h5-6,11-14,17,33H,7-10H2,1-4H3,(H,29,32). The van der Waals surface area contributed by atoms with Gasteiger partial charge in [0, 0.05) is 19.3 Å². The summed E-state index contributed by atoms with van der Waals surface area (Å²) in [5.41, 5.74) is 2.11. The van der Waals surface area contributed by atoms with Crippen LogP contribution < -0.4 is 10.2 Å². The Hall–Kier alpha value is -2.97. The Morgan fingerprint density at radius 2 is 1.88 bits per heavy atom. The molecule has 2 N–H and O–H groups in total. The van der Waals surface area contributed by atoms with Crippen molar-refractivity contribution in [3.8, 4) is 5.82 Å². The zero-order valence-electron chi connectivity index (χ0n) is 19.3. The van der Waals surface area contributed by atoms with E-state index >= 15 is 0 Å². The number of aliphatic hydroxyl groups is 1. The predicted molar refractivity (Wildman–Crippen MR) is 129 cm³/mol. The second-order valence-electron chi connectivity index (χ2n) is 9.12. The molecule has 0 bridgehead atoms. The summed E-state index contributed by atoms with van der Waals surface area (Å²) in [5, 5.41) is 18.0. The minimum absolute atomic E-state index is 0.257. The summed E-state index contributed by atoms with van der Waals surface area (Å²) in [6.45, 7) is 9.28.